The number of rotatable bonds is 4. The van der Waals surface area contributed by atoms with Gasteiger partial charge in [0.25, 0.3) is 10.0 Å². The van der Waals surface area contributed by atoms with Gasteiger partial charge in [0, 0.05) is 11.6 Å². The topological polar surface area (TPSA) is 81.1 Å². The first kappa shape index (κ1) is 15.8. The monoisotopic (exact) mass is 347 g/mol. The summed E-state index contributed by atoms with van der Waals surface area (Å²) in [6.45, 7) is 2.33. The van der Waals surface area contributed by atoms with Crippen molar-refractivity contribution in [2.75, 3.05) is 11.9 Å². The second-order valence-electron chi connectivity index (χ2n) is 4.01. The van der Waals surface area contributed by atoms with Crippen LogP contribution in [0.2, 0.25) is 10.0 Å². The summed E-state index contributed by atoms with van der Waals surface area (Å²) >= 11 is 11.6. The van der Waals surface area contributed by atoms with E-state index in [4.69, 9.17) is 23.2 Å². The molecule has 0 aliphatic carbocycles. The lowest BCUT2D eigenvalue weighted by Gasteiger charge is -2.09. The number of benzene rings is 1. The molecule has 1 aromatic heterocycles. The van der Waals surface area contributed by atoms with E-state index in [9.17, 15) is 13.2 Å². The molecule has 1 aromatic carbocycles. The summed E-state index contributed by atoms with van der Waals surface area (Å²) in [5.41, 5.74) is -0.628. The predicted octanol–water partition coefficient (Wildman–Crippen LogP) is 2.22. The number of nitrogens with zero attached hydrogens (tertiary/aromatic N) is 2. The molecule has 112 valence electrons. The first-order chi connectivity index (χ1) is 9.87. The largest absolute Gasteiger partial charge is 0.383 e. The predicted molar refractivity (Wildman–Crippen MR) is 81.7 cm³/mol. The Balaban J connectivity index is 2.58. The van der Waals surface area contributed by atoms with Crippen molar-refractivity contribution in [3.63, 3.8) is 0 Å². The van der Waals surface area contributed by atoms with Crippen LogP contribution in [-0.4, -0.2) is 24.1 Å². The van der Waals surface area contributed by atoms with E-state index >= 15 is 0 Å². The molecular weight excluding hydrogens is 337 g/mol. The molecule has 0 fully saturated rings. The van der Waals surface area contributed by atoms with Gasteiger partial charge in [0.1, 0.15) is 5.02 Å². The molecule has 21 heavy (non-hydrogen) atoms. The van der Waals surface area contributed by atoms with E-state index in [1.165, 1.54) is 30.5 Å². The Morgan fingerprint density at radius 3 is 2.43 bits per heavy atom. The van der Waals surface area contributed by atoms with Gasteiger partial charge in [-0.3, -0.25) is 4.79 Å². The third kappa shape index (κ3) is 3.04. The molecule has 0 radical (unpaired) electrons. The molecule has 0 atom stereocenters. The summed E-state index contributed by atoms with van der Waals surface area (Å²) in [7, 11) is -4.12. The second kappa shape index (κ2) is 6.05. The Morgan fingerprint density at radius 1 is 1.24 bits per heavy atom. The van der Waals surface area contributed by atoms with Crippen LogP contribution in [0.4, 0.5) is 5.69 Å². The van der Waals surface area contributed by atoms with Crippen molar-refractivity contribution < 1.29 is 8.42 Å². The summed E-state index contributed by atoms with van der Waals surface area (Å²) in [5.74, 6) is 0. The van der Waals surface area contributed by atoms with Crippen molar-refractivity contribution >= 4 is 38.9 Å². The van der Waals surface area contributed by atoms with Gasteiger partial charge in [0.05, 0.1) is 16.8 Å². The van der Waals surface area contributed by atoms with Gasteiger partial charge in [-0.05, 0) is 31.2 Å². The molecular formula is C12H11Cl2N3O3S. The highest BCUT2D eigenvalue weighted by Crippen LogP contribution is 2.18. The van der Waals surface area contributed by atoms with E-state index in [1.54, 1.807) is 0 Å². The molecule has 0 aliphatic heterocycles. The maximum Gasteiger partial charge on any atom is 0.302 e. The lowest BCUT2D eigenvalue weighted by Crippen LogP contribution is -2.30. The number of hydrogen-bond donors (Lipinski definition) is 1. The number of aromatic nitrogens is 2. The molecule has 1 heterocycles. The van der Waals surface area contributed by atoms with E-state index < -0.39 is 15.6 Å². The zero-order chi connectivity index (χ0) is 15.6. The second-order valence-corrected chi connectivity index (χ2v) is 6.59. The van der Waals surface area contributed by atoms with Gasteiger partial charge in [-0.1, -0.05) is 23.2 Å². The molecule has 6 nitrogen and oxygen atoms in total. The lowest BCUT2D eigenvalue weighted by atomic mass is 10.4. The molecule has 1 N–H and O–H groups in total. The fraction of sp³-hybridized carbons (Fsp3) is 0.167. The average Bonchev–Trinajstić information content (AvgIpc) is 2.44. The molecule has 2 aromatic rings. The summed E-state index contributed by atoms with van der Waals surface area (Å²) in [4.78, 5) is 12.0. The van der Waals surface area contributed by atoms with Crippen LogP contribution in [0.5, 0.6) is 0 Å². The number of anilines is 1. The summed E-state index contributed by atoms with van der Waals surface area (Å²) in [5, 5.41) is 6.64. The molecule has 0 saturated carbocycles. The molecule has 0 amide bonds. The first-order valence-corrected chi connectivity index (χ1v) is 8.10. The molecule has 0 saturated heterocycles. The van der Waals surface area contributed by atoms with Crippen LogP contribution in [0, 0.1) is 0 Å². The lowest BCUT2D eigenvalue weighted by molar-refractivity contribution is 0.575. The Kier molecular flexibility index (Phi) is 4.55. The molecule has 0 spiro atoms. The highest BCUT2D eigenvalue weighted by Gasteiger charge is 2.22. The van der Waals surface area contributed by atoms with Gasteiger partial charge >= 0.3 is 5.56 Å². The van der Waals surface area contributed by atoms with Crippen molar-refractivity contribution in [3.8, 4) is 0 Å². The summed E-state index contributed by atoms with van der Waals surface area (Å²) in [6, 6.07) is 5.40. The Hall–Kier alpha value is -1.57. The Bertz CT molecular complexity index is 817. The van der Waals surface area contributed by atoms with Gasteiger partial charge in [0.2, 0.25) is 0 Å². The average molecular weight is 348 g/mol. The maximum atomic E-state index is 12.4. The van der Waals surface area contributed by atoms with Crippen molar-refractivity contribution in [2.24, 2.45) is 0 Å². The Morgan fingerprint density at radius 2 is 1.86 bits per heavy atom. The van der Waals surface area contributed by atoms with Crippen molar-refractivity contribution in [1.82, 2.24) is 9.19 Å². The van der Waals surface area contributed by atoms with E-state index in [1.807, 2.05) is 6.92 Å². The number of halogens is 2. The maximum absolute atomic E-state index is 12.4. The van der Waals surface area contributed by atoms with E-state index in [2.05, 4.69) is 10.4 Å². The van der Waals surface area contributed by atoms with E-state index in [0.29, 0.717) is 15.7 Å². The molecule has 9 heteroatoms. The van der Waals surface area contributed by atoms with Crippen LogP contribution in [0.1, 0.15) is 6.92 Å². The van der Waals surface area contributed by atoms with Crippen LogP contribution in [0.15, 0.2) is 40.2 Å². The van der Waals surface area contributed by atoms with Crippen molar-refractivity contribution in [1.29, 1.82) is 0 Å². The smallest absolute Gasteiger partial charge is 0.302 e. The van der Waals surface area contributed by atoms with Crippen LogP contribution >= 0.6 is 23.2 Å². The zero-order valence-corrected chi connectivity index (χ0v) is 13.2. The molecule has 0 unspecified atom stereocenters. The fourth-order valence-corrected chi connectivity index (χ4v) is 3.14. The molecule has 0 aliphatic rings. The van der Waals surface area contributed by atoms with Gasteiger partial charge in [0.15, 0.2) is 0 Å². The molecule has 2 rings (SSSR count). The summed E-state index contributed by atoms with van der Waals surface area (Å²) in [6.07, 6.45) is 1.20. The minimum Gasteiger partial charge on any atom is -0.383 e. The summed E-state index contributed by atoms with van der Waals surface area (Å²) < 4.78 is 25.1. The third-order valence-electron chi connectivity index (χ3n) is 2.60. The minimum absolute atomic E-state index is 0.103. The van der Waals surface area contributed by atoms with Gasteiger partial charge in [-0.15, -0.1) is 4.09 Å². The standard InChI is InChI=1S/C12H11Cl2N3O3S/c1-2-15-10-7-16-17(12(18)11(10)14)21(19,20)9-5-3-8(13)4-6-9/h3-7,15H,2H2,1H3. The third-order valence-corrected chi connectivity index (χ3v) is 4.80. The Labute approximate surface area is 131 Å². The zero-order valence-electron chi connectivity index (χ0n) is 10.9. The van der Waals surface area contributed by atoms with Gasteiger partial charge < -0.3 is 5.32 Å². The SMILES string of the molecule is CCNc1cnn(S(=O)(=O)c2ccc(Cl)cc2)c(=O)c1Cl. The van der Waals surface area contributed by atoms with Crippen LogP contribution in [-0.2, 0) is 10.0 Å². The van der Waals surface area contributed by atoms with Crippen molar-refractivity contribution in [2.45, 2.75) is 11.8 Å². The van der Waals surface area contributed by atoms with Crippen LogP contribution in [0.3, 0.4) is 0 Å². The highest BCUT2D eigenvalue weighted by atomic mass is 35.5. The van der Waals surface area contributed by atoms with E-state index in [0.717, 1.165) is 0 Å². The van der Waals surface area contributed by atoms with E-state index in [-0.39, 0.29) is 15.6 Å². The van der Waals surface area contributed by atoms with Crippen LogP contribution in [0.25, 0.3) is 0 Å². The quantitative estimate of drug-likeness (QED) is 0.916. The van der Waals surface area contributed by atoms with Gasteiger partial charge in [-0.25, -0.2) is 0 Å². The first-order valence-electron chi connectivity index (χ1n) is 5.90. The minimum atomic E-state index is -4.12. The fourth-order valence-electron chi connectivity index (χ4n) is 1.61. The van der Waals surface area contributed by atoms with Crippen molar-refractivity contribution in [3.05, 3.63) is 50.9 Å². The van der Waals surface area contributed by atoms with Gasteiger partial charge in [-0.2, -0.15) is 13.5 Å². The molecule has 0 bridgehead atoms. The normalized spacial score (nSPS) is 11.4. The number of hydrogen-bond acceptors (Lipinski definition) is 5. The van der Waals surface area contributed by atoms with Crippen LogP contribution < -0.4 is 10.9 Å². The highest BCUT2D eigenvalue weighted by molar-refractivity contribution is 7.89. The number of nitrogens with one attached hydrogen (secondary N) is 1.